The summed E-state index contributed by atoms with van der Waals surface area (Å²) in [6.07, 6.45) is 7.86. The van der Waals surface area contributed by atoms with Crippen LogP contribution in [0.25, 0.3) is 0 Å². The number of ether oxygens (including phenoxy) is 2. The summed E-state index contributed by atoms with van der Waals surface area (Å²) in [5.74, 6) is -0.713. The molecule has 114 valence electrons. The molecule has 0 amide bonds. The minimum atomic E-state index is -0.763. The molecule has 3 fully saturated rings. The van der Waals surface area contributed by atoms with E-state index in [0.29, 0.717) is 19.1 Å². The van der Waals surface area contributed by atoms with Gasteiger partial charge in [-0.1, -0.05) is 0 Å². The van der Waals surface area contributed by atoms with Gasteiger partial charge in [0.15, 0.2) is 0 Å². The van der Waals surface area contributed by atoms with Crippen LogP contribution in [0.2, 0.25) is 0 Å². The molecule has 0 aromatic rings. The Labute approximate surface area is 120 Å². The van der Waals surface area contributed by atoms with E-state index in [1.165, 1.54) is 0 Å². The van der Waals surface area contributed by atoms with Gasteiger partial charge >= 0.3 is 5.97 Å². The van der Waals surface area contributed by atoms with E-state index in [1.807, 2.05) is 0 Å². The summed E-state index contributed by atoms with van der Waals surface area (Å²) in [4.78, 5) is 11.7. The van der Waals surface area contributed by atoms with Crippen molar-refractivity contribution in [1.29, 1.82) is 0 Å². The number of hydrogen-bond acceptors (Lipinski definition) is 4. The van der Waals surface area contributed by atoms with Gasteiger partial charge in [0.1, 0.15) is 5.54 Å². The normalized spacial score (nSPS) is 38.0. The standard InChI is InChI=1S/C15H25NO4/c17-14(18)15(16-11-5-6-11)7-1-3-12(9-15)20-10-13-4-2-8-19-13/h11-13,16H,1-10H2,(H,17,18). The largest absolute Gasteiger partial charge is 0.480 e. The highest BCUT2D eigenvalue weighted by molar-refractivity contribution is 5.79. The average Bonchev–Trinajstić information content (AvgIpc) is 3.08. The van der Waals surface area contributed by atoms with Crippen molar-refractivity contribution in [2.24, 2.45) is 0 Å². The lowest BCUT2D eigenvalue weighted by molar-refractivity contribution is -0.150. The van der Waals surface area contributed by atoms with Crippen LogP contribution in [0.5, 0.6) is 0 Å². The molecule has 2 N–H and O–H groups in total. The molecule has 2 aliphatic carbocycles. The third-order valence-corrected chi connectivity index (χ3v) is 4.71. The highest BCUT2D eigenvalue weighted by Gasteiger charge is 2.46. The highest BCUT2D eigenvalue weighted by Crippen LogP contribution is 2.34. The summed E-state index contributed by atoms with van der Waals surface area (Å²) in [5.41, 5.74) is -0.763. The minimum absolute atomic E-state index is 0.0512. The first-order chi connectivity index (χ1) is 9.68. The summed E-state index contributed by atoms with van der Waals surface area (Å²) in [5, 5.41) is 13.0. The van der Waals surface area contributed by atoms with Gasteiger partial charge in [-0.3, -0.25) is 10.1 Å². The van der Waals surface area contributed by atoms with Crippen LogP contribution in [0.4, 0.5) is 0 Å². The molecule has 3 aliphatic rings. The number of rotatable bonds is 6. The van der Waals surface area contributed by atoms with Gasteiger partial charge in [0.25, 0.3) is 0 Å². The van der Waals surface area contributed by atoms with Gasteiger partial charge in [-0.2, -0.15) is 0 Å². The molecule has 3 unspecified atom stereocenters. The average molecular weight is 283 g/mol. The second-order valence-electron chi connectivity index (χ2n) is 6.49. The lowest BCUT2D eigenvalue weighted by Gasteiger charge is -2.38. The first kappa shape index (κ1) is 14.3. The molecule has 1 aliphatic heterocycles. The van der Waals surface area contributed by atoms with Crippen LogP contribution in [-0.4, -0.2) is 48.1 Å². The maximum atomic E-state index is 11.7. The van der Waals surface area contributed by atoms with Crippen LogP contribution in [0.3, 0.4) is 0 Å². The Morgan fingerprint density at radius 2 is 2.15 bits per heavy atom. The van der Waals surface area contributed by atoms with Crippen LogP contribution < -0.4 is 5.32 Å². The van der Waals surface area contributed by atoms with Gasteiger partial charge < -0.3 is 14.6 Å². The van der Waals surface area contributed by atoms with Crippen molar-refractivity contribution in [2.45, 2.75) is 75.2 Å². The minimum Gasteiger partial charge on any atom is -0.480 e. The number of hydrogen-bond donors (Lipinski definition) is 2. The summed E-state index contributed by atoms with van der Waals surface area (Å²) in [6, 6.07) is 0.406. The van der Waals surface area contributed by atoms with Crippen molar-refractivity contribution in [3.63, 3.8) is 0 Å². The molecule has 0 radical (unpaired) electrons. The Kier molecular flexibility index (Phi) is 4.29. The number of nitrogens with one attached hydrogen (secondary N) is 1. The molecule has 20 heavy (non-hydrogen) atoms. The smallest absolute Gasteiger partial charge is 0.324 e. The Hall–Kier alpha value is -0.650. The maximum absolute atomic E-state index is 11.7. The SMILES string of the molecule is O=C(O)C1(NC2CC2)CCCC(OCC2CCCO2)C1. The van der Waals surface area contributed by atoms with Gasteiger partial charge in [0.2, 0.25) is 0 Å². The zero-order valence-electron chi connectivity index (χ0n) is 12.0. The summed E-state index contributed by atoms with van der Waals surface area (Å²) in [6.45, 7) is 1.45. The predicted molar refractivity (Wildman–Crippen MR) is 73.7 cm³/mol. The lowest BCUT2D eigenvalue weighted by Crippen LogP contribution is -2.57. The van der Waals surface area contributed by atoms with Crippen LogP contribution in [0.15, 0.2) is 0 Å². The monoisotopic (exact) mass is 283 g/mol. The van der Waals surface area contributed by atoms with Crippen LogP contribution >= 0.6 is 0 Å². The second-order valence-corrected chi connectivity index (χ2v) is 6.49. The van der Waals surface area contributed by atoms with E-state index >= 15 is 0 Å². The third kappa shape index (κ3) is 3.32. The van der Waals surface area contributed by atoms with Crippen molar-refractivity contribution >= 4 is 5.97 Å². The molecular formula is C15H25NO4. The molecule has 0 spiro atoms. The molecule has 0 aromatic carbocycles. The van der Waals surface area contributed by atoms with Gasteiger partial charge in [-0.15, -0.1) is 0 Å². The summed E-state index contributed by atoms with van der Waals surface area (Å²) >= 11 is 0. The van der Waals surface area contributed by atoms with Crippen molar-refractivity contribution in [2.75, 3.05) is 13.2 Å². The Balaban J connectivity index is 1.54. The molecule has 0 aromatic heterocycles. The quantitative estimate of drug-likeness (QED) is 0.776. The van der Waals surface area contributed by atoms with E-state index in [0.717, 1.165) is 51.6 Å². The second kappa shape index (κ2) is 6.00. The van der Waals surface area contributed by atoms with Crippen molar-refractivity contribution in [3.8, 4) is 0 Å². The number of aliphatic carboxylic acids is 1. The molecule has 1 saturated heterocycles. The zero-order valence-corrected chi connectivity index (χ0v) is 12.0. The Morgan fingerprint density at radius 1 is 1.30 bits per heavy atom. The van der Waals surface area contributed by atoms with Gasteiger partial charge in [0, 0.05) is 19.1 Å². The van der Waals surface area contributed by atoms with Gasteiger partial charge in [0.05, 0.1) is 18.8 Å². The first-order valence-electron chi connectivity index (χ1n) is 7.92. The summed E-state index contributed by atoms with van der Waals surface area (Å²) < 4.78 is 11.5. The van der Waals surface area contributed by atoms with E-state index in [4.69, 9.17) is 9.47 Å². The molecule has 3 atom stereocenters. The summed E-state index contributed by atoms with van der Waals surface area (Å²) in [7, 11) is 0. The molecule has 1 heterocycles. The number of carboxylic acid groups (broad SMARTS) is 1. The van der Waals surface area contributed by atoms with Gasteiger partial charge in [-0.05, 0) is 44.9 Å². The Bertz CT molecular complexity index is 352. The number of carbonyl (C=O) groups is 1. The number of carboxylic acids is 1. The fourth-order valence-corrected chi connectivity index (χ4v) is 3.39. The van der Waals surface area contributed by atoms with Crippen molar-refractivity contribution in [3.05, 3.63) is 0 Å². The lowest BCUT2D eigenvalue weighted by atomic mass is 9.80. The van der Waals surface area contributed by atoms with Crippen molar-refractivity contribution in [1.82, 2.24) is 5.32 Å². The van der Waals surface area contributed by atoms with E-state index < -0.39 is 11.5 Å². The van der Waals surface area contributed by atoms with E-state index in [2.05, 4.69) is 5.32 Å². The predicted octanol–water partition coefficient (Wildman–Crippen LogP) is 1.70. The zero-order chi connectivity index (χ0) is 14.0. The van der Waals surface area contributed by atoms with Gasteiger partial charge in [-0.25, -0.2) is 0 Å². The van der Waals surface area contributed by atoms with Crippen molar-refractivity contribution < 1.29 is 19.4 Å². The molecular weight excluding hydrogens is 258 g/mol. The van der Waals surface area contributed by atoms with Crippen LogP contribution in [0, 0.1) is 0 Å². The molecule has 3 rings (SSSR count). The maximum Gasteiger partial charge on any atom is 0.324 e. The highest BCUT2D eigenvalue weighted by atomic mass is 16.5. The Morgan fingerprint density at radius 3 is 2.80 bits per heavy atom. The molecule has 0 bridgehead atoms. The molecule has 5 heteroatoms. The van der Waals surface area contributed by atoms with Crippen LogP contribution in [0.1, 0.15) is 51.4 Å². The van der Waals surface area contributed by atoms with E-state index in [9.17, 15) is 9.90 Å². The van der Waals surface area contributed by atoms with Crippen LogP contribution in [-0.2, 0) is 14.3 Å². The van der Waals surface area contributed by atoms with E-state index in [1.54, 1.807) is 0 Å². The third-order valence-electron chi connectivity index (χ3n) is 4.71. The molecule has 2 saturated carbocycles. The fraction of sp³-hybridized carbons (Fsp3) is 0.933. The topological polar surface area (TPSA) is 67.8 Å². The van der Waals surface area contributed by atoms with E-state index in [-0.39, 0.29) is 12.2 Å². The fourth-order valence-electron chi connectivity index (χ4n) is 3.39. The first-order valence-corrected chi connectivity index (χ1v) is 7.92. The molecule has 5 nitrogen and oxygen atoms in total.